The van der Waals surface area contributed by atoms with Crippen LogP contribution in [0.4, 0.5) is 0 Å². The maximum Gasteiger partial charge on any atom is 0.106 e. The van der Waals surface area contributed by atoms with Crippen LogP contribution >= 0.6 is 0 Å². The number of nitrogens with one attached hydrogen (secondary N) is 1. The Morgan fingerprint density at radius 2 is 2.21 bits per heavy atom. The fourth-order valence-corrected chi connectivity index (χ4v) is 2.78. The van der Waals surface area contributed by atoms with Gasteiger partial charge in [-0.2, -0.15) is 0 Å². The van der Waals surface area contributed by atoms with E-state index < -0.39 is 0 Å². The predicted molar refractivity (Wildman–Crippen MR) is 76.0 cm³/mol. The van der Waals surface area contributed by atoms with Gasteiger partial charge in [-0.1, -0.05) is 13.8 Å². The first kappa shape index (κ1) is 12.4. The second-order valence-electron chi connectivity index (χ2n) is 5.37. The van der Waals surface area contributed by atoms with Gasteiger partial charge in [0, 0.05) is 31.4 Å². The molecule has 19 heavy (non-hydrogen) atoms. The minimum atomic E-state index is 0.408. The normalized spacial score (nSPS) is 14.7. The molecule has 2 aromatic rings. The summed E-state index contributed by atoms with van der Waals surface area (Å²) in [7, 11) is 0. The number of aromatic nitrogens is 3. The SMILES string of the molecule is Cc1nc(-c2cccnc2C(C)C)c2n1CCNC2. The van der Waals surface area contributed by atoms with Gasteiger partial charge < -0.3 is 9.88 Å². The van der Waals surface area contributed by atoms with E-state index in [1.165, 1.54) is 11.3 Å². The summed E-state index contributed by atoms with van der Waals surface area (Å²) in [5.74, 6) is 1.51. The van der Waals surface area contributed by atoms with Crippen molar-refractivity contribution in [2.75, 3.05) is 6.54 Å². The Balaban J connectivity index is 2.18. The number of hydrogen-bond donors (Lipinski definition) is 1. The van der Waals surface area contributed by atoms with Gasteiger partial charge in [0.15, 0.2) is 0 Å². The number of fused-ring (bicyclic) bond motifs is 1. The Morgan fingerprint density at radius 1 is 1.37 bits per heavy atom. The van der Waals surface area contributed by atoms with Crippen LogP contribution in [-0.2, 0) is 13.1 Å². The Bertz CT molecular complexity index is 598. The Morgan fingerprint density at radius 3 is 3.00 bits per heavy atom. The highest BCUT2D eigenvalue weighted by Crippen LogP contribution is 2.30. The van der Waals surface area contributed by atoms with Crippen LogP contribution in [0.25, 0.3) is 11.3 Å². The molecular weight excluding hydrogens is 236 g/mol. The maximum atomic E-state index is 4.79. The lowest BCUT2D eigenvalue weighted by Crippen LogP contribution is -2.28. The Kier molecular flexibility index (Phi) is 3.11. The van der Waals surface area contributed by atoms with Crippen molar-refractivity contribution in [2.24, 2.45) is 0 Å². The maximum absolute atomic E-state index is 4.79. The van der Waals surface area contributed by atoms with Gasteiger partial charge in [-0.15, -0.1) is 0 Å². The van der Waals surface area contributed by atoms with Gasteiger partial charge in [0.25, 0.3) is 0 Å². The third-order valence-electron chi connectivity index (χ3n) is 3.71. The molecule has 4 nitrogen and oxygen atoms in total. The van der Waals surface area contributed by atoms with E-state index >= 15 is 0 Å². The molecule has 0 amide bonds. The number of hydrogen-bond acceptors (Lipinski definition) is 3. The zero-order valence-corrected chi connectivity index (χ0v) is 11.8. The van der Waals surface area contributed by atoms with Crippen LogP contribution in [-0.4, -0.2) is 21.1 Å². The fraction of sp³-hybridized carbons (Fsp3) is 0.467. The van der Waals surface area contributed by atoms with Gasteiger partial charge >= 0.3 is 0 Å². The molecule has 0 atom stereocenters. The molecule has 2 aromatic heterocycles. The summed E-state index contributed by atoms with van der Waals surface area (Å²) in [5.41, 5.74) is 4.70. The first-order chi connectivity index (χ1) is 9.18. The minimum absolute atomic E-state index is 0.408. The number of pyridine rings is 1. The Labute approximate surface area is 113 Å². The van der Waals surface area contributed by atoms with Crippen molar-refractivity contribution in [3.63, 3.8) is 0 Å². The lowest BCUT2D eigenvalue weighted by Gasteiger charge is -2.18. The van der Waals surface area contributed by atoms with Crippen LogP contribution in [0, 0.1) is 6.92 Å². The minimum Gasteiger partial charge on any atom is -0.329 e. The third kappa shape index (κ3) is 2.06. The number of nitrogens with zero attached hydrogens (tertiary/aromatic N) is 3. The second-order valence-corrected chi connectivity index (χ2v) is 5.37. The standard InChI is InChI=1S/C15H20N4/c1-10(2)14-12(5-4-6-17-14)15-13-9-16-7-8-19(13)11(3)18-15/h4-6,10,16H,7-9H2,1-3H3. The topological polar surface area (TPSA) is 42.7 Å². The lowest BCUT2D eigenvalue weighted by atomic mass is 10.00. The van der Waals surface area contributed by atoms with Crippen LogP contribution in [0.15, 0.2) is 18.3 Å². The van der Waals surface area contributed by atoms with Crippen molar-refractivity contribution in [2.45, 2.75) is 39.8 Å². The van der Waals surface area contributed by atoms with E-state index in [1.54, 1.807) is 0 Å². The van der Waals surface area contributed by atoms with E-state index in [-0.39, 0.29) is 0 Å². The highest BCUT2D eigenvalue weighted by Gasteiger charge is 2.21. The van der Waals surface area contributed by atoms with E-state index in [0.717, 1.165) is 36.8 Å². The number of aryl methyl sites for hydroxylation is 1. The average molecular weight is 256 g/mol. The number of imidazole rings is 1. The lowest BCUT2D eigenvalue weighted by molar-refractivity contribution is 0.508. The highest BCUT2D eigenvalue weighted by atomic mass is 15.1. The van der Waals surface area contributed by atoms with Gasteiger partial charge in [0.1, 0.15) is 5.82 Å². The summed E-state index contributed by atoms with van der Waals surface area (Å²) >= 11 is 0. The van der Waals surface area contributed by atoms with Gasteiger partial charge in [-0.05, 0) is 25.0 Å². The molecular formula is C15H20N4. The van der Waals surface area contributed by atoms with Gasteiger partial charge in [0.05, 0.1) is 17.1 Å². The average Bonchev–Trinajstić information content (AvgIpc) is 2.77. The molecule has 1 aliphatic rings. The van der Waals surface area contributed by atoms with Gasteiger partial charge in [-0.25, -0.2) is 4.98 Å². The third-order valence-corrected chi connectivity index (χ3v) is 3.71. The van der Waals surface area contributed by atoms with E-state index in [0.29, 0.717) is 5.92 Å². The van der Waals surface area contributed by atoms with Crippen molar-refractivity contribution >= 4 is 0 Å². The molecule has 4 heteroatoms. The molecule has 3 heterocycles. The van der Waals surface area contributed by atoms with Crippen molar-refractivity contribution in [1.29, 1.82) is 0 Å². The van der Waals surface area contributed by atoms with Gasteiger partial charge in [-0.3, -0.25) is 4.98 Å². The molecule has 0 unspecified atom stereocenters. The summed E-state index contributed by atoms with van der Waals surface area (Å²) < 4.78 is 2.32. The first-order valence-corrected chi connectivity index (χ1v) is 6.90. The summed E-state index contributed by atoms with van der Waals surface area (Å²) in [6.07, 6.45) is 1.87. The van der Waals surface area contributed by atoms with Crippen molar-refractivity contribution < 1.29 is 0 Å². The molecule has 100 valence electrons. The van der Waals surface area contributed by atoms with Crippen molar-refractivity contribution in [3.8, 4) is 11.3 Å². The van der Waals surface area contributed by atoms with E-state index in [4.69, 9.17) is 4.98 Å². The van der Waals surface area contributed by atoms with Crippen LogP contribution < -0.4 is 5.32 Å². The smallest absolute Gasteiger partial charge is 0.106 e. The van der Waals surface area contributed by atoms with Crippen LogP contribution in [0.5, 0.6) is 0 Å². The van der Waals surface area contributed by atoms with Crippen molar-refractivity contribution in [3.05, 3.63) is 35.5 Å². The molecule has 1 N–H and O–H groups in total. The molecule has 0 saturated carbocycles. The van der Waals surface area contributed by atoms with Gasteiger partial charge in [0.2, 0.25) is 0 Å². The van der Waals surface area contributed by atoms with Crippen LogP contribution in [0.3, 0.4) is 0 Å². The summed E-state index contributed by atoms with van der Waals surface area (Å²) in [4.78, 5) is 9.33. The molecule has 0 bridgehead atoms. The fourth-order valence-electron chi connectivity index (χ4n) is 2.78. The summed E-state index contributed by atoms with van der Waals surface area (Å²) in [6.45, 7) is 9.37. The zero-order chi connectivity index (χ0) is 13.4. The van der Waals surface area contributed by atoms with Crippen LogP contribution in [0.1, 0.15) is 37.0 Å². The molecule has 0 aliphatic carbocycles. The first-order valence-electron chi connectivity index (χ1n) is 6.90. The van der Waals surface area contributed by atoms with E-state index in [2.05, 4.69) is 41.7 Å². The largest absolute Gasteiger partial charge is 0.329 e. The molecule has 0 saturated heterocycles. The van der Waals surface area contributed by atoms with Crippen molar-refractivity contribution in [1.82, 2.24) is 19.9 Å². The molecule has 1 aliphatic heterocycles. The summed E-state index contributed by atoms with van der Waals surface area (Å²) in [5, 5.41) is 3.43. The molecule has 0 spiro atoms. The number of rotatable bonds is 2. The monoisotopic (exact) mass is 256 g/mol. The zero-order valence-electron chi connectivity index (χ0n) is 11.8. The molecule has 0 radical (unpaired) electrons. The second kappa shape index (κ2) is 4.78. The van der Waals surface area contributed by atoms with E-state index in [1.807, 2.05) is 12.3 Å². The molecule has 0 fully saturated rings. The van der Waals surface area contributed by atoms with Crippen LogP contribution in [0.2, 0.25) is 0 Å². The quantitative estimate of drug-likeness (QED) is 0.897. The molecule has 3 rings (SSSR count). The summed E-state index contributed by atoms with van der Waals surface area (Å²) in [6, 6.07) is 4.14. The predicted octanol–water partition coefficient (Wildman–Crippen LogP) is 2.48. The molecule has 0 aromatic carbocycles. The highest BCUT2D eigenvalue weighted by molar-refractivity contribution is 5.65. The Hall–Kier alpha value is -1.68. The van der Waals surface area contributed by atoms with E-state index in [9.17, 15) is 0 Å².